The van der Waals surface area contributed by atoms with Gasteiger partial charge in [0, 0.05) is 12.1 Å². The summed E-state index contributed by atoms with van der Waals surface area (Å²) in [5.41, 5.74) is -0.528. The van der Waals surface area contributed by atoms with Crippen LogP contribution in [0, 0.1) is 0 Å². The highest BCUT2D eigenvalue weighted by Crippen LogP contribution is 2.23. The Kier molecular flexibility index (Phi) is 6.45. The van der Waals surface area contributed by atoms with E-state index in [0.717, 1.165) is 25.7 Å². The molecule has 0 unspecified atom stereocenters. The Balaban J connectivity index is 2.68. The number of ether oxygens (including phenoxy) is 1. The van der Waals surface area contributed by atoms with Crippen molar-refractivity contribution in [3.63, 3.8) is 0 Å². The average molecular weight is 300 g/mol. The second-order valence-corrected chi connectivity index (χ2v) is 6.56. The molecule has 2 atom stereocenters. The van der Waals surface area contributed by atoms with Gasteiger partial charge < -0.3 is 15.2 Å². The minimum Gasteiger partial charge on any atom is -0.480 e. The molecule has 0 aromatic rings. The lowest BCUT2D eigenvalue weighted by Crippen LogP contribution is -2.55. The number of rotatable bonds is 5. The van der Waals surface area contributed by atoms with Crippen molar-refractivity contribution < 1.29 is 19.4 Å². The molecule has 0 saturated heterocycles. The van der Waals surface area contributed by atoms with E-state index in [4.69, 9.17) is 9.84 Å². The molecule has 2 N–H and O–H groups in total. The second kappa shape index (κ2) is 7.64. The quantitative estimate of drug-likeness (QED) is 0.814. The summed E-state index contributed by atoms with van der Waals surface area (Å²) in [6.45, 7) is 8.09. The standard InChI is InChI=1S/C15H28N2O4/c1-5-17(10-13(18)19)12-9-7-6-8-11(12)16-14(20)21-15(2,3)4/h11-12H,5-10H2,1-4H3,(H,16,20)(H,18,19)/t11-,12+/m0/s1. The van der Waals surface area contributed by atoms with E-state index in [-0.39, 0.29) is 18.6 Å². The maximum atomic E-state index is 11.9. The first-order valence-electron chi connectivity index (χ1n) is 7.68. The number of carbonyl (C=O) groups is 2. The van der Waals surface area contributed by atoms with Crippen LogP contribution in [-0.2, 0) is 9.53 Å². The maximum Gasteiger partial charge on any atom is 0.407 e. The first kappa shape index (κ1) is 17.8. The number of likely N-dealkylation sites (N-methyl/N-ethyl adjacent to an activating group) is 1. The zero-order chi connectivity index (χ0) is 16.0. The Morgan fingerprint density at radius 3 is 2.43 bits per heavy atom. The number of carbonyl (C=O) groups excluding carboxylic acids is 1. The number of alkyl carbamates (subject to hydrolysis) is 1. The number of amides is 1. The maximum absolute atomic E-state index is 11.9. The van der Waals surface area contributed by atoms with E-state index in [1.165, 1.54) is 0 Å². The summed E-state index contributed by atoms with van der Waals surface area (Å²) in [5.74, 6) is -0.835. The van der Waals surface area contributed by atoms with Crippen LogP contribution < -0.4 is 5.32 Å². The third-order valence-corrected chi connectivity index (χ3v) is 3.65. The molecule has 0 heterocycles. The summed E-state index contributed by atoms with van der Waals surface area (Å²) < 4.78 is 5.30. The van der Waals surface area contributed by atoms with Crippen LogP contribution in [0.25, 0.3) is 0 Å². The number of nitrogens with one attached hydrogen (secondary N) is 1. The van der Waals surface area contributed by atoms with E-state index < -0.39 is 17.7 Å². The van der Waals surface area contributed by atoms with E-state index in [1.54, 1.807) is 0 Å². The minimum absolute atomic E-state index is 0.00760. The summed E-state index contributed by atoms with van der Waals surface area (Å²) in [5, 5.41) is 11.9. The first-order chi connectivity index (χ1) is 9.73. The van der Waals surface area contributed by atoms with Crippen LogP contribution in [0.5, 0.6) is 0 Å². The Morgan fingerprint density at radius 1 is 1.29 bits per heavy atom. The molecule has 0 aromatic carbocycles. The van der Waals surface area contributed by atoms with Crippen LogP contribution in [0.1, 0.15) is 53.4 Å². The third kappa shape index (κ3) is 6.33. The smallest absolute Gasteiger partial charge is 0.407 e. The number of carboxylic acid groups (broad SMARTS) is 1. The summed E-state index contributed by atoms with van der Waals surface area (Å²) in [4.78, 5) is 24.8. The Bertz CT molecular complexity index is 365. The van der Waals surface area contributed by atoms with Gasteiger partial charge in [-0.15, -0.1) is 0 Å². The van der Waals surface area contributed by atoms with Crippen LogP contribution in [-0.4, -0.2) is 52.8 Å². The minimum atomic E-state index is -0.835. The summed E-state index contributed by atoms with van der Waals surface area (Å²) >= 11 is 0. The highest BCUT2D eigenvalue weighted by atomic mass is 16.6. The van der Waals surface area contributed by atoms with Gasteiger partial charge in [-0.1, -0.05) is 19.8 Å². The Labute approximate surface area is 126 Å². The number of hydrogen-bond donors (Lipinski definition) is 2. The van der Waals surface area contributed by atoms with Crippen LogP contribution in [0.15, 0.2) is 0 Å². The van der Waals surface area contributed by atoms with Crippen LogP contribution in [0.4, 0.5) is 4.79 Å². The molecule has 0 spiro atoms. The normalized spacial score (nSPS) is 22.9. The molecule has 1 saturated carbocycles. The van der Waals surface area contributed by atoms with E-state index in [2.05, 4.69) is 5.32 Å². The molecule has 21 heavy (non-hydrogen) atoms. The van der Waals surface area contributed by atoms with Gasteiger partial charge in [0.1, 0.15) is 5.60 Å². The molecular weight excluding hydrogens is 272 g/mol. The fourth-order valence-electron chi connectivity index (χ4n) is 2.81. The molecular formula is C15H28N2O4. The lowest BCUT2D eigenvalue weighted by molar-refractivity contribution is -0.139. The molecule has 6 heteroatoms. The average Bonchev–Trinajstić information content (AvgIpc) is 2.34. The molecule has 122 valence electrons. The molecule has 1 fully saturated rings. The lowest BCUT2D eigenvalue weighted by Gasteiger charge is -2.39. The monoisotopic (exact) mass is 300 g/mol. The van der Waals surface area contributed by atoms with Crippen molar-refractivity contribution in [2.75, 3.05) is 13.1 Å². The number of hydrogen-bond acceptors (Lipinski definition) is 4. The van der Waals surface area contributed by atoms with Crippen molar-refractivity contribution in [3.05, 3.63) is 0 Å². The second-order valence-electron chi connectivity index (χ2n) is 6.56. The molecule has 1 aliphatic carbocycles. The van der Waals surface area contributed by atoms with Gasteiger partial charge in [-0.3, -0.25) is 9.69 Å². The van der Waals surface area contributed by atoms with Gasteiger partial charge in [0.05, 0.1) is 6.54 Å². The van der Waals surface area contributed by atoms with Gasteiger partial charge in [0.2, 0.25) is 0 Å². The van der Waals surface area contributed by atoms with E-state index in [9.17, 15) is 9.59 Å². The largest absolute Gasteiger partial charge is 0.480 e. The van der Waals surface area contributed by atoms with Crippen molar-refractivity contribution in [2.24, 2.45) is 0 Å². The fraction of sp³-hybridized carbons (Fsp3) is 0.867. The third-order valence-electron chi connectivity index (χ3n) is 3.65. The fourth-order valence-corrected chi connectivity index (χ4v) is 2.81. The van der Waals surface area contributed by atoms with E-state index >= 15 is 0 Å². The zero-order valence-electron chi connectivity index (χ0n) is 13.5. The number of aliphatic carboxylic acids is 1. The van der Waals surface area contributed by atoms with Gasteiger partial charge in [-0.2, -0.15) is 0 Å². The van der Waals surface area contributed by atoms with Crippen LogP contribution >= 0.6 is 0 Å². The Morgan fingerprint density at radius 2 is 1.90 bits per heavy atom. The molecule has 0 bridgehead atoms. The molecule has 0 radical (unpaired) electrons. The number of carboxylic acids is 1. The number of nitrogens with zero attached hydrogens (tertiary/aromatic N) is 1. The SMILES string of the molecule is CCN(CC(=O)O)[C@@H]1CCCC[C@@H]1NC(=O)OC(C)(C)C. The van der Waals surface area contributed by atoms with Crippen molar-refractivity contribution in [2.45, 2.75) is 71.1 Å². The molecule has 1 aliphatic rings. The van der Waals surface area contributed by atoms with Gasteiger partial charge in [0.15, 0.2) is 0 Å². The van der Waals surface area contributed by atoms with Gasteiger partial charge in [0.25, 0.3) is 0 Å². The summed E-state index contributed by atoms with van der Waals surface area (Å²) in [6, 6.07) is 0.0141. The highest BCUT2D eigenvalue weighted by molar-refractivity contribution is 5.69. The molecule has 0 aliphatic heterocycles. The topological polar surface area (TPSA) is 78.9 Å². The van der Waals surface area contributed by atoms with Crippen molar-refractivity contribution in [1.82, 2.24) is 10.2 Å². The molecule has 6 nitrogen and oxygen atoms in total. The van der Waals surface area contributed by atoms with E-state index in [0.29, 0.717) is 6.54 Å². The summed E-state index contributed by atoms with van der Waals surface area (Å²) in [6.07, 6.45) is 3.45. The van der Waals surface area contributed by atoms with Crippen LogP contribution in [0.3, 0.4) is 0 Å². The first-order valence-corrected chi connectivity index (χ1v) is 7.68. The van der Waals surface area contributed by atoms with Crippen molar-refractivity contribution >= 4 is 12.1 Å². The van der Waals surface area contributed by atoms with Gasteiger partial charge in [-0.05, 0) is 40.2 Å². The zero-order valence-corrected chi connectivity index (χ0v) is 13.5. The molecule has 1 rings (SSSR count). The predicted octanol–water partition coefficient (Wildman–Crippen LogP) is 2.23. The van der Waals surface area contributed by atoms with Gasteiger partial charge >= 0.3 is 12.1 Å². The Hall–Kier alpha value is -1.30. The van der Waals surface area contributed by atoms with Crippen LogP contribution in [0.2, 0.25) is 0 Å². The van der Waals surface area contributed by atoms with Crippen molar-refractivity contribution in [3.8, 4) is 0 Å². The summed E-state index contributed by atoms with van der Waals surface area (Å²) in [7, 11) is 0. The predicted molar refractivity (Wildman–Crippen MR) is 80.3 cm³/mol. The molecule has 1 amide bonds. The molecule has 0 aromatic heterocycles. The highest BCUT2D eigenvalue weighted by Gasteiger charge is 2.32. The lowest BCUT2D eigenvalue weighted by atomic mass is 9.89. The van der Waals surface area contributed by atoms with E-state index in [1.807, 2.05) is 32.6 Å². The van der Waals surface area contributed by atoms with Gasteiger partial charge in [-0.25, -0.2) is 4.79 Å². The van der Waals surface area contributed by atoms with Crippen molar-refractivity contribution in [1.29, 1.82) is 0 Å².